The summed E-state index contributed by atoms with van der Waals surface area (Å²) >= 11 is 0. The van der Waals surface area contributed by atoms with Crippen LogP contribution in [-0.4, -0.2) is 49.4 Å². The largest absolute Gasteiger partial charge is 0.466 e. The second kappa shape index (κ2) is 7.00. The summed E-state index contributed by atoms with van der Waals surface area (Å²) in [6.07, 6.45) is 3.28. The van der Waals surface area contributed by atoms with Gasteiger partial charge in [0.25, 0.3) is 11.8 Å². The van der Waals surface area contributed by atoms with Gasteiger partial charge in [-0.15, -0.1) is 0 Å². The number of benzene rings is 1. The van der Waals surface area contributed by atoms with Gasteiger partial charge in [-0.3, -0.25) is 14.5 Å². The highest BCUT2D eigenvalue weighted by molar-refractivity contribution is 6.21. The molecule has 1 aliphatic heterocycles. The van der Waals surface area contributed by atoms with E-state index in [4.69, 9.17) is 0 Å². The lowest BCUT2D eigenvalue weighted by atomic mass is 10.1. The summed E-state index contributed by atoms with van der Waals surface area (Å²) in [4.78, 5) is 37.4. The molecule has 6 nitrogen and oxygen atoms in total. The predicted octanol–water partition coefficient (Wildman–Crippen LogP) is 0.990. The van der Waals surface area contributed by atoms with Gasteiger partial charge in [0.1, 0.15) is 0 Å². The fourth-order valence-electron chi connectivity index (χ4n) is 2.37. The van der Waals surface area contributed by atoms with Gasteiger partial charge in [-0.05, 0) is 32.1 Å². The number of carbonyl (C=O) groups excluding carboxylic acids is 3. The van der Waals surface area contributed by atoms with E-state index in [0.717, 1.165) is 0 Å². The highest BCUT2D eigenvalue weighted by Gasteiger charge is 2.38. The van der Waals surface area contributed by atoms with E-state index < -0.39 is 12.0 Å². The van der Waals surface area contributed by atoms with Gasteiger partial charge in [-0.1, -0.05) is 18.2 Å². The van der Waals surface area contributed by atoms with E-state index in [1.807, 2.05) is 0 Å². The third-order valence-electron chi connectivity index (χ3n) is 3.50. The zero-order valence-electron chi connectivity index (χ0n) is 12.5. The van der Waals surface area contributed by atoms with E-state index in [1.165, 1.54) is 24.2 Å². The maximum atomic E-state index is 12.5. The average molecular weight is 302 g/mol. The molecule has 1 heterocycles. The van der Waals surface area contributed by atoms with E-state index in [9.17, 15) is 14.4 Å². The standard InChI is InChI=1S/C16H18N2O4/c1-17-10-9-11(7-8-14(19)22-2)18-15(20)12-5-3-4-6-13(12)16(18)21/h3-8,11,17H,9-10H2,1-2H3/b8-7+. The van der Waals surface area contributed by atoms with E-state index >= 15 is 0 Å². The van der Waals surface area contributed by atoms with Crippen LogP contribution in [0.4, 0.5) is 0 Å². The van der Waals surface area contributed by atoms with Crippen molar-refractivity contribution in [1.29, 1.82) is 0 Å². The average Bonchev–Trinajstić information content (AvgIpc) is 2.80. The number of hydrogen-bond donors (Lipinski definition) is 1. The Morgan fingerprint density at radius 2 is 1.86 bits per heavy atom. The van der Waals surface area contributed by atoms with Crippen molar-refractivity contribution in [2.45, 2.75) is 12.5 Å². The van der Waals surface area contributed by atoms with Gasteiger partial charge in [0, 0.05) is 6.08 Å². The predicted molar refractivity (Wildman–Crippen MR) is 80.4 cm³/mol. The third kappa shape index (κ3) is 3.07. The molecule has 22 heavy (non-hydrogen) atoms. The number of nitrogens with zero attached hydrogens (tertiary/aromatic N) is 1. The number of imide groups is 1. The summed E-state index contributed by atoms with van der Waals surface area (Å²) < 4.78 is 4.55. The summed E-state index contributed by atoms with van der Waals surface area (Å²) in [5.74, 6) is -1.20. The molecule has 6 heteroatoms. The van der Waals surface area contributed by atoms with Gasteiger partial charge in [0.05, 0.1) is 24.3 Å². The monoisotopic (exact) mass is 302 g/mol. The van der Waals surface area contributed by atoms with Crippen LogP contribution in [0.25, 0.3) is 0 Å². The molecule has 0 saturated carbocycles. The van der Waals surface area contributed by atoms with E-state index in [0.29, 0.717) is 24.1 Å². The summed E-state index contributed by atoms with van der Waals surface area (Å²) in [5.41, 5.74) is 0.793. The summed E-state index contributed by atoms with van der Waals surface area (Å²) in [7, 11) is 3.06. The van der Waals surface area contributed by atoms with Crippen molar-refractivity contribution in [3.63, 3.8) is 0 Å². The Morgan fingerprint density at radius 3 is 2.36 bits per heavy atom. The van der Waals surface area contributed by atoms with Crippen molar-refractivity contribution in [1.82, 2.24) is 10.2 Å². The molecule has 1 N–H and O–H groups in total. The Kier molecular flexibility index (Phi) is 5.06. The Labute approximate surface area is 128 Å². The molecule has 0 aliphatic carbocycles. The highest BCUT2D eigenvalue weighted by Crippen LogP contribution is 2.25. The Balaban J connectivity index is 2.28. The molecule has 0 bridgehead atoms. The molecule has 0 radical (unpaired) electrons. The Morgan fingerprint density at radius 1 is 1.27 bits per heavy atom. The van der Waals surface area contributed by atoms with Crippen molar-refractivity contribution in [3.05, 3.63) is 47.5 Å². The number of esters is 1. The highest BCUT2D eigenvalue weighted by atomic mass is 16.5. The lowest BCUT2D eigenvalue weighted by Gasteiger charge is -2.23. The summed E-state index contributed by atoms with van der Waals surface area (Å²) in [5, 5.41) is 2.97. The first-order valence-corrected chi connectivity index (χ1v) is 6.97. The van der Waals surface area contributed by atoms with Crippen LogP contribution in [0.15, 0.2) is 36.4 Å². The van der Waals surface area contributed by atoms with Crippen molar-refractivity contribution < 1.29 is 19.1 Å². The number of hydrogen-bond acceptors (Lipinski definition) is 5. The van der Waals surface area contributed by atoms with Gasteiger partial charge in [-0.25, -0.2) is 4.79 Å². The molecule has 116 valence electrons. The first kappa shape index (κ1) is 15.9. The molecule has 1 unspecified atom stereocenters. The minimum Gasteiger partial charge on any atom is -0.466 e. The van der Waals surface area contributed by atoms with Crippen molar-refractivity contribution in [2.75, 3.05) is 20.7 Å². The second-order valence-corrected chi connectivity index (χ2v) is 4.87. The van der Waals surface area contributed by atoms with Crippen LogP contribution in [0.3, 0.4) is 0 Å². The minimum atomic E-state index is -0.522. The topological polar surface area (TPSA) is 75.7 Å². The van der Waals surface area contributed by atoms with Crippen LogP contribution in [0.5, 0.6) is 0 Å². The van der Waals surface area contributed by atoms with Gasteiger partial charge in [-0.2, -0.15) is 0 Å². The molecular formula is C16H18N2O4. The molecule has 0 fully saturated rings. The molecule has 0 saturated heterocycles. The zero-order chi connectivity index (χ0) is 16.1. The van der Waals surface area contributed by atoms with E-state index in [1.54, 1.807) is 31.3 Å². The van der Waals surface area contributed by atoms with E-state index in [2.05, 4.69) is 10.1 Å². The molecule has 2 amide bonds. The first-order valence-electron chi connectivity index (χ1n) is 6.97. The van der Waals surface area contributed by atoms with Gasteiger partial charge >= 0.3 is 5.97 Å². The van der Waals surface area contributed by atoms with Gasteiger partial charge in [0.2, 0.25) is 0 Å². The number of fused-ring (bicyclic) bond motifs is 1. The molecule has 0 aromatic heterocycles. The Hall–Kier alpha value is -2.47. The molecule has 1 aliphatic rings. The molecule has 1 atom stereocenters. The zero-order valence-corrected chi connectivity index (χ0v) is 12.5. The van der Waals surface area contributed by atoms with Gasteiger partial charge < -0.3 is 10.1 Å². The SMILES string of the molecule is CNCCC(/C=C/C(=O)OC)N1C(=O)c2ccccc2C1=O. The maximum absolute atomic E-state index is 12.5. The second-order valence-electron chi connectivity index (χ2n) is 4.87. The number of methoxy groups -OCH3 is 1. The van der Waals surface area contributed by atoms with Crippen LogP contribution >= 0.6 is 0 Å². The molecule has 0 spiro atoms. The number of nitrogens with one attached hydrogen (secondary N) is 1. The number of rotatable bonds is 6. The molecule has 2 rings (SSSR count). The van der Waals surface area contributed by atoms with Crippen molar-refractivity contribution >= 4 is 17.8 Å². The van der Waals surface area contributed by atoms with Crippen LogP contribution < -0.4 is 5.32 Å². The van der Waals surface area contributed by atoms with Crippen molar-refractivity contribution in [3.8, 4) is 0 Å². The summed E-state index contributed by atoms with van der Waals surface area (Å²) in [6, 6.07) is 6.21. The molecular weight excluding hydrogens is 284 g/mol. The molecule has 1 aromatic carbocycles. The Bertz CT molecular complexity index is 589. The smallest absolute Gasteiger partial charge is 0.330 e. The van der Waals surface area contributed by atoms with Crippen LogP contribution in [-0.2, 0) is 9.53 Å². The minimum absolute atomic E-state index is 0.337. The third-order valence-corrected chi connectivity index (χ3v) is 3.50. The quantitative estimate of drug-likeness (QED) is 0.482. The van der Waals surface area contributed by atoms with E-state index in [-0.39, 0.29) is 11.8 Å². The molecule has 1 aromatic rings. The van der Waals surface area contributed by atoms with Crippen LogP contribution in [0, 0.1) is 0 Å². The number of ether oxygens (including phenoxy) is 1. The van der Waals surface area contributed by atoms with Gasteiger partial charge in [0.15, 0.2) is 0 Å². The fraction of sp³-hybridized carbons (Fsp3) is 0.312. The normalized spacial score (nSPS) is 15.3. The maximum Gasteiger partial charge on any atom is 0.330 e. The number of carbonyl (C=O) groups is 3. The lowest BCUT2D eigenvalue weighted by molar-refractivity contribution is -0.134. The lowest BCUT2D eigenvalue weighted by Crippen LogP contribution is -2.40. The fourth-order valence-corrected chi connectivity index (χ4v) is 2.37. The number of amides is 2. The van der Waals surface area contributed by atoms with Crippen molar-refractivity contribution in [2.24, 2.45) is 0 Å². The first-order chi connectivity index (χ1) is 10.6. The summed E-state index contributed by atoms with van der Waals surface area (Å²) in [6.45, 7) is 0.601. The van der Waals surface area contributed by atoms with Crippen LogP contribution in [0.2, 0.25) is 0 Å². The van der Waals surface area contributed by atoms with Crippen LogP contribution in [0.1, 0.15) is 27.1 Å².